The van der Waals surface area contributed by atoms with Gasteiger partial charge in [-0.05, 0) is 29.1 Å². The molecular weight excluding hydrogens is 338 g/mol. The second-order valence-electron chi connectivity index (χ2n) is 7.25. The van der Waals surface area contributed by atoms with Crippen molar-refractivity contribution in [2.24, 2.45) is 0 Å². The topological polar surface area (TPSA) is 32.3 Å². The van der Waals surface area contributed by atoms with Crippen molar-refractivity contribution in [3.63, 3.8) is 0 Å². The predicted octanol–water partition coefficient (Wildman–Crippen LogP) is 3.88. The SMILES string of the molecule is c1csc([C@H]2Nc3ccccc3[C@@H]3c4[nH]c5ccccc5c4CC[NH+]32)c1. The Bertz CT molecular complexity index is 1100. The molecule has 1 unspecified atom stereocenters. The monoisotopic (exact) mass is 358 g/mol. The van der Waals surface area contributed by atoms with E-state index in [-0.39, 0.29) is 0 Å². The molecule has 3 N–H and O–H groups in total. The minimum atomic E-state index is 0.314. The molecule has 4 heterocycles. The molecule has 3 atom stereocenters. The zero-order chi connectivity index (χ0) is 17.1. The number of thiophene rings is 1. The van der Waals surface area contributed by atoms with Crippen molar-refractivity contribution < 1.29 is 4.90 Å². The van der Waals surface area contributed by atoms with Crippen LogP contribution in [0.25, 0.3) is 10.9 Å². The summed E-state index contributed by atoms with van der Waals surface area (Å²) in [5.41, 5.74) is 6.86. The van der Waals surface area contributed by atoms with Gasteiger partial charge >= 0.3 is 0 Å². The van der Waals surface area contributed by atoms with Gasteiger partial charge < -0.3 is 10.3 Å². The highest BCUT2D eigenvalue weighted by Gasteiger charge is 2.44. The molecule has 2 aliphatic heterocycles. The minimum absolute atomic E-state index is 0.314. The largest absolute Gasteiger partial charge is 0.353 e. The molecule has 6 rings (SSSR count). The first-order valence-corrected chi connectivity index (χ1v) is 10.1. The summed E-state index contributed by atoms with van der Waals surface area (Å²) in [5.74, 6) is 0. The van der Waals surface area contributed by atoms with E-state index in [1.165, 1.54) is 38.3 Å². The molecule has 0 spiro atoms. The summed E-state index contributed by atoms with van der Waals surface area (Å²) in [5, 5.41) is 7.40. The first-order chi connectivity index (χ1) is 12.9. The van der Waals surface area contributed by atoms with E-state index in [2.05, 4.69) is 76.3 Å². The van der Waals surface area contributed by atoms with Crippen LogP contribution < -0.4 is 10.2 Å². The summed E-state index contributed by atoms with van der Waals surface area (Å²) < 4.78 is 0. The van der Waals surface area contributed by atoms with Crippen molar-refractivity contribution in [3.8, 4) is 0 Å². The quantitative estimate of drug-likeness (QED) is 0.474. The second-order valence-corrected chi connectivity index (χ2v) is 8.23. The van der Waals surface area contributed by atoms with E-state index in [0.29, 0.717) is 12.2 Å². The molecular formula is C22H20N3S+. The van der Waals surface area contributed by atoms with Gasteiger partial charge in [0.25, 0.3) is 0 Å². The molecule has 0 aliphatic carbocycles. The average molecular weight is 358 g/mol. The third kappa shape index (κ3) is 1.97. The highest BCUT2D eigenvalue weighted by Crippen LogP contribution is 2.38. The number of quaternary nitrogens is 1. The highest BCUT2D eigenvalue weighted by atomic mass is 32.1. The first-order valence-electron chi connectivity index (χ1n) is 9.24. The average Bonchev–Trinajstić information content (AvgIpc) is 3.34. The van der Waals surface area contributed by atoms with Gasteiger partial charge in [0.1, 0.15) is 0 Å². The number of anilines is 1. The number of para-hydroxylation sites is 2. The highest BCUT2D eigenvalue weighted by molar-refractivity contribution is 7.10. The molecule has 0 saturated carbocycles. The fourth-order valence-corrected chi connectivity index (χ4v) is 5.66. The van der Waals surface area contributed by atoms with Gasteiger partial charge in [-0.3, -0.25) is 4.90 Å². The number of hydrogen-bond donors (Lipinski definition) is 3. The summed E-state index contributed by atoms with van der Waals surface area (Å²) in [6, 6.07) is 22.3. The summed E-state index contributed by atoms with van der Waals surface area (Å²) >= 11 is 1.85. The van der Waals surface area contributed by atoms with E-state index in [1.54, 1.807) is 4.90 Å². The number of H-pyrrole nitrogens is 1. The second kappa shape index (κ2) is 5.47. The lowest BCUT2D eigenvalue weighted by molar-refractivity contribution is -0.956. The normalized spacial score (nSPS) is 23.8. The Balaban J connectivity index is 1.59. The zero-order valence-electron chi connectivity index (χ0n) is 14.3. The van der Waals surface area contributed by atoms with Crippen LogP contribution in [-0.4, -0.2) is 11.5 Å². The van der Waals surface area contributed by atoms with E-state index < -0.39 is 0 Å². The summed E-state index contributed by atoms with van der Waals surface area (Å²) in [6.07, 6.45) is 1.44. The molecule has 3 nitrogen and oxygen atoms in total. The smallest absolute Gasteiger partial charge is 0.197 e. The number of benzene rings is 2. The number of rotatable bonds is 1. The third-order valence-corrected chi connectivity index (χ3v) is 6.88. The minimum Gasteiger partial charge on any atom is -0.353 e. The van der Waals surface area contributed by atoms with Gasteiger partial charge in [-0.15, -0.1) is 11.3 Å². The van der Waals surface area contributed by atoms with Crippen molar-refractivity contribution in [2.45, 2.75) is 18.6 Å². The molecule has 0 saturated heterocycles. The Morgan fingerprint density at radius 2 is 1.85 bits per heavy atom. The Morgan fingerprint density at radius 1 is 0.962 bits per heavy atom. The summed E-state index contributed by atoms with van der Waals surface area (Å²) in [7, 11) is 0. The Morgan fingerprint density at radius 3 is 2.77 bits per heavy atom. The number of hydrogen-bond acceptors (Lipinski definition) is 2. The van der Waals surface area contributed by atoms with E-state index in [1.807, 2.05) is 11.3 Å². The van der Waals surface area contributed by atoms with Gasteiger partial charge in [-0.1, -0.05) is 42.5 Å². The van der Waals surface area contributed by atoms with Crippen molar-refractivity contribution in [2.75, 3.05) is 11.9 Å². The van der Waals surface area contributed by atoms with Gasteiger partial charge in [0.15, 0.2) is 12.2 Å². The van der Waals surface area contributed by atoms with Gasteiger partial charge in [0.05, 0.1) is 17.1 Å². The molecule has 128 valence electrons. The van der Waals surface area contributed by atoms with Crippen LogP contribution in [0.2, 0.25) is 0 Å². The Kier molecular flexibility index (Phi) is 3.07. The number of nitrogens with one attached hydrogen (secondary N) is 3. The Labute approximate surface area is 156 Å². The lowest BCUT2D eigenvalue weighted by Crippen LogP contribution is -3.15. The van der Waals surface area contributed by atoms with Crippen LogP contribution in [0.3, 0.4) is 0 Å². The van der Waals surface area contributed by atoms with Crippen LogP contribution in [0.4, 0.5) is 5.69 Å². The summed E-state index contributed by atoms with van der Waals surface area (Å²) in [4.78, 5) is 6.79. The van der Waals surface area contributed by atoms with E-state index in [0.717, 1.165) is 13.0 Å². The van der Waals surface area contributed by atoms with Crippen LogP contribution in [0.15, 0.2) is 66.0 Å². The third-order valence-electron chi connectivity index (χ3n) is 5.94. The summed E-state index contributed by atoms with van der Waals surface area (Å²) in [6.45, 7) is 1.14. The maximum atomic E-state index is 3.82. The first kappa shape index (κ1) is 14.6. The van der Waals surface area contributed by atoms with E-state index in [9.17, 15) is 0 Å². The standard InChI is InChI=1S/C22H19N3S/c1-3-8-17-14(6-1)15-11-12-25-21(20(15)23-17)16-7-2-4-9-18(16)24-22(25)19-10-5-13-26-19/h1-10,13,21-24H,11-12H2/p+1/t21-,22+/m1/s1. The van der Waals surface area contributed by atoms with Crippen LogP contribution in [-0.2, 0) is 6.42 Å². The van der Waals surface area contributed by atoms with Crippen molar-refractivity contribution in [1.29, 1.82) is 0 Å². The number of aromatic nitrogens is 1. The van der Waals surface area contributed by atoms with Crippen LogP contribution in [0.5, 0.6) is 0 Å². The maximum absolute atomic E-state index is 3.82. The molecule has 0 bridgehead atoms. The molecule has 4 aromatic rings. The maximum Gasteiger partial charge on any atom is 0.197 e. The van der Waals surface area contributed by atoms with Gasteiger partial charge in [-0.2, -0.15) is 0 Å². The Hall–Kier alpha value is -2.56. The van der Waals surface area contributed by atoms with Gasteiger partial charge in [-0.25, -0.2) is 0 Å². The molecule has 0 radical (unpaired) electrons. The number of fused-ring (bicyclic) bond motifs is 7. The van der Waals surface area contributed by atoms with Crippen molar-refractivity contribution in [1.82, 2.24) is 4.98 Å². The van der Waals surface area contributed by atoms with Gasteiger partial charge in [0.2, 0.25) is 0 Å². The lowest BCUT2D eigenvalue weighted by atomic mass is 9.89. The van der Waals surface area contributed by atoms with Crippen LogP contribution in [0.1, 0.15) is 33.9 Å². The van der Waals surface area contributed by atoms with Crippen molar-refractivity contribution >= 4 is 27.9 Å². The molecule has 0 fully saturated rings. The molecule has 2 aromatic carbocycles. The fraction of sp³-hybridized carbons (Fsp3) is 0.182. The lowest BCUT2D eigenvalue weighted by Gasteiger charge is -2.42. The zero-order valence-corrected chi connectivity index (χ0v) is 15.1. The molecule has 26 heavy (non-hydrogen) atoms. The number of aromatic amines is 1. The fourth-order valence-electron chi connectivity index (χ4n) is 4.84. The molecule has 4 heteroatoms. The van der Waals surface area contributed by atoms with Crippen molar-refractivity contribution in [3.05, 3.63) is 87.7 Å². The van der Waals surface area contributed by atoms with E-state index >= 15 is 0 Å². The van der Waals surface area contributed by atoms with Crippen LogP contribution >= 0.6 is 11.3 Å². The van der Waals surface area contributed by atoms with Gasteiger partial charge in [0, 0.05) is 28.6 Å². The molecule has 2 aliphatic rings. The van der Waals surface area contributed by atoms with E-state index in [4.69, 9.17) is 0 Å². The molecule has 2 aromatic heterocycles. The predicted molar refractivity (Wildman–Crippen MR) is 107 cm³/mol. The molecule has 0 amide bonds. The van der Waals surface area contributed by atoms with Crippen LogP contribution in [0, 0.1) is 0 Å².